The number of nitrogens with one attached hydrogen (secondary N) is 1. The van der Waals surface area contributed by atoms with Gasteiger partial charge in [0.15, 0.2) is 5.69 Å². The molecule has 0 aliphatic heterocycles. The van der Waals surface area contributed by atoms with Crippen LogP contribution in [0.5, 0.6) is 0 Å². The normalized spacial score (nSPS) is 11.4. The molecule has 0 saturated heterocycles. The van der Waals surface area contributed by atoms with Crippen molar-refractivity contribution in [3.8, 4) is 22.5 Å². The number of hydrogen-bond acceptors (Lipinski definition) is 5. The molecule has 2 heterocycles. The average Bonchev–Trinajstić information content (AvgIpc) is 3.11. The number of nitrogens with two attached hydrogens (primary N) is 1. The third-order valence-electron chi connectivity index (χ3n) is 3.81. The van der Waals surface area contributed by atoms with Crippen LogP contribution in [-0.2, 0) is 6.18 Å². The Kier molecular flexibility index (Phi) is 4.56. The number of nitrogens with zero attached hydrogens (tertiary/aromatic N) is 4. The van der Waals surface area contributed by atoms with Crippen molar-refractivity contribution in [3.05, 3.63) is 47.7 Å². The zero-order valence-corrected chi connectivity index (χ0v) is 14.4. The number of rotatable bonds is 4. The quantitative estimate of drug-likeness (QED) is 0.729. The maximum atomic E-state index is 13.3. The number of pyridine rings is 1. The predicted octanol–water partition coefficient (Wildman–Crippen LogP) is 2.72. The molecular formula is C17H15F3N6O. The maximum absolute atomic E-state index is 13.3. The number of primary amides is 1. The number of benzene rings is 1. The lowest BCUT2D eigenvalue weighted by molar-refractivity contribution is -0.137. The van der Waals surface area contributed by atoms with Crippen LogP contribution >= 0.6 is 0 Å². The first-order valence-corrected chi connectivity index (χ1v) is 7.75. The number of hydrogen-bond donors (Lipinski definition) is 2. The highest BCUT2D eigenvalue weighted by molar-refractivity contribution is 5.96. The summed E-state index contributed by atoms with van der Waals surface area (Å²) in [5.74, 6) is -0.597. The number of aromatic nitrogens is 4. The zero-order valence-electron chi connectivity index (χ0n) is 14.4. The van der Waals surface area contributed by atoms with Crippen molar-refractivity contribution >= 4 is 11.7 Å². The van der Waals surface area contributed by atoms with Gasteiger partial charge in [-0.3, -0.25) is 4.79 Å². The monoisotopic (exact) mass is 376 g/mol. The Morgan fingerprint density at radius 2 is 1.81 bits per heavy atom. The van der Waals surface area contributed by atoms with Gasteiger partial charge in [-0.2, -0.15) is 28.6 Å². The number of carbonyl (C=O) groups is 1. The van der Waals surface area contributed by atoms with Crippen LogP contribution in [0.25, 0.3) is 22.5 Å². The SMILES string of the molecule is CN(C)c1cc(C(F)(F)F)cc(-c2cccc(-c3n[nH]nc3C(N)=O)c2)n1. The van der Waals surface area contributed by atoms with E-state index < -0.39 is 17.6 Å². The second-order valence-corrected chi connectivity index (χ2v) is 5.96. The van der Waals surface area contributed by atoms with Gasteiger partial charge in [0.1, 0.15) is 11.5 Å². The second-order valence-electron chi connectivity index (χ2n) is 5.96. The summed E-state index contributed by atoms with van der Waals surface area (Å²) in [6.45, 7) is 0. The molecule has 0 unspecified atom stereocenters. The van der Waals surface area contributed by atoms with Crippen molar-refractivity contribution in [2.45, 2.75) is 6.18 Å². The fourth-order valence-electron chi connectivity index (χ4n) is 2.49. The Balaban J connectivity index is 2.13. The molecule has 0 fully saturated rings. The molecule has 3 N–H and O–H groups in total. The molecule has 0 saturated carbocycles. The molecule has 0 atom stereocenters. The van der Waals surface area contributed by atoms with Crippen molar-refractivity contribution in [1.29, 1.82) is 0 Å². The molecule has 140 valence electrons. The highest BCUT2D eigenvalue weighted by atomic mass is 19.4. The van der Waals surface area contributed by atoms with Gasteiger partial charge in [-0.25, -0.2) is 4.98 Å². The lowest BCUT2D eigenvalue weighted by Gasteiger charge is -2.16. The van der Waals surface area contributed by atoms with Crippen molar-refractivity contribution in [2.24, 2.45) is 5.73 Å². The van der Waals surface area contributed by atoms with Gasteiger partial charge < -0.3 is 10.6 Å². The summed E-state index contributed by atoms with van der Waals surface area (Å²) < 4.78 is 39.8. The standard InChI is InChI=1S/C17H15F3N6O/c1-26(2)13-8-11(17(18,19)20)7-12(22-13)9-4-3-5-10(6-9)14-15(16(21)27)24-25-23-14/h3-8H,1-2H3,(H2,21,27)(H,23,24,25). The third kappa shape index (κ3) is 3.73. The lowest BCUT2D eigenvalue weighted by atomic mass is 10.0. The summed E-state index contributed by atoms with van der Waals surface area (Å²) in [6.07, 6.45) is -4.51. The van der Waals surface area contributed by atoms with Gasteiger partial charge in [-0.1, -0.05) is 18.2 Å². The Labute approximate surface area is 152 Å². The predicted molar refractivity (Wildman–Crippen MR) is 92.9 cm³/mol. The maximum Gasteiger partial charge on any atom is 0.416 e. The number of carbonyl (C=O) groups excluding carboxylic acids is 1. The van der Waals surface area contributed by atoms with Gasteiger partial charge in [0, 0.05) is 25.2 Å². The fraction of sp³-hybridized carbons (Fsp3) is 0.176. The van der Waals surface area contributed by atoms with Crippen molar-refractivity contribution in [2.75, 3.05) is 19.0 Å². The van der Waals surface area contributed by atoms with E-state index in [0.717, 1.165) is 12.1 Å². The molecule has 2 aromatic heterocycles. The third-order valence-corrected chi connectivity index (χ3v) is 3.81. The first-order chi connectivity index (χ1) is 12.7. The molecule has 3 aromatic rings. The molecular weight excluding hydrogens is 361 g/mol. The summed E-state index contributed by atoms with van der Waals surface area (Å²) >= 11 is 0. The number of aromatic amines is 1. The Bertz CT molecular complexity index is 996. The van der Waals surface area contributed by atoms with Crippen LogP contribution in [0.15, 0.2) is 36.4 Å². The molecule has 0 aliphatic rings. The van der Waals surface area contributed by atoms with E-state index in [-0.39, 0.29) is 22.9 Å². The molecule has 0 radical (unpaired) electrons. The van der Waals surface area contributed by atoms with Gasteiger partial charge in [0.05, 0.1) is 11.3 Å². The number of halogens is 3. The van der Waals surface area contributed by atoms with Gasteiger partial charge in [-0.15, -0.1) is 0 Å². The number of H-pyrrole nitrogens is 1. The molecule has 0 spiro atoms. The van der Waals surface area contributed by atoms with E-state index in [0.29, 0.717) is 11.1 Å². The van der Waals surface area contributed by atoms with Crippen LogP contribution in [-0.4, -0.2) is 40.4 Å². The zero-order chi connectivity index (χ0) is 19.8. The first kappa shape index (κ1) is 18.4. The molecule has 0 bridgehead atoms. The smallest absolute Gasteiger partial charge is 0.364 e. The van der Waals surface area contributed by atoms with Gasteiger partial charge in [-0.05, 0) is 18.2 Å². The van der Waals surface area contributed by atoms with Crippen molar-refractivity contribution in [3.63, 3.8) is 0 Å². The van der Waals surface area contributed by atoms with Crippen LogP contribution in [0, 0.1) is 0 Å². The second kappa shape index (κ2) is 6.71. The summed E-state index contributed by atoms with van der Waals surface area (Å²) in [4.78, 5) is 17.2. The fourth-order valence-corrected chi connectivity index (χ4v) is 2.49. The first-order valence-electron chi connectivity index (χ1n) is 7.75. The Morgan fingerprint density at radius 1 is 1.11 bits per heavy atom. The number of anilines is 1. The minimum atomic E-state index is -4.51. The molecule has 3 rings (SSSR count). The summed E-state index contributed by atoms with van der Waals surface area (Å²) in [6, 6.07) is 8.43. The van der Waals surface area contributed by atoms with E-state index in [1.807, 2.05) is 0 Å². The van der Waals surface area contributed by atoms with Crippen LogP contribution in [0.4, 0.5) is 19.0 Å². The van der Waals surface area contributed by atoms with E-state index in [9.17, 15) is 18.0 Å². The summed E-state index contributed by atoms with van der Waals surface area (Å²) in [7, 11) is 3.22. The van der Waals surface area contributed by atoms with Gasteiger partial charge in [0.2, 0.25) is 0 Å². The molecule has 1 amide bonds. The molecule has 0 aliphatic carbocycles. The van der Waals surface area contributed by atoms with E-state index in [1.165, 1.54) is 4.90 Å². The summed E-state index contributed by atoms with van der Waals surface area (Å²) in [5, 5.41) is 9.91. The van der Waals surface area contributed by atoms with Crippen LogP contribution < -0.4 is 10.6 Å². The van der Waals surface area contributed by atoms with Gasteiger partial charge in [0.25, 0.3) is 5.91 Å². The van der Waals surface area contributed by atoms with Crippen molar-refractivity contribution < 1.29 is 18.0 Å². The largest absolute Gasteiger partial charge is 0.416 e. The Hall–Kier alpha value is -3.43. The molecule has 1 aromatic carbocycles. The average molecular weight is 376 g/mol. The highest BCUT2D eigenvalue weighted by Crippen LogP contribution is 2.34. The van der Waals surface area contributed by atoms with E-state index >= 15 is 0 Å². The van der Waals surface area contributed by atoms with Crippen LogP contribution in [0.3, 0.4) is 0 Å². The van der Waals surface area contributed by atoms with E-state index in [1.54, 1.807) is 38.4 Å². The topological polar surface area (TPSA) is 101 Å². The van der Waals surface area contributed by atoms with Gasteiger partial charge >= 0.3 is 6.18 Å². The van der Waals surface area contributed by atoms with Crippen molar-refractivity contribution in [1.82, 2.24) is 20.4 Å². The lowest BCUT2D eigenvalue weighted by Crippen LogP contribution is -2.14. The molecule has 27 heavy (non-hydrogen) atoms. The minimum Gasteiger partial charge on any atom is -0.364 e. The minimum absolute atomic E-state index is 0.0573. The highest BCUT2D eigenvalue weighted by Gasteiger charge is 2.32. The number of alkyl halides is 3. The van der Waals surface area contributed by atoms with E-state index in [4.69, 9.17) is 5.73 Å². The molecule has 7 nitrogen and oxygen atoms in total. The van der Waals surface area contributed by atoms with E-state index in [2.05, 4.69) is 20.4 Å². The Morgan fingerprint density at radius 3 is 2.44 bits per heavy atom. The van der Waals surface area contributed by atoms with Crippen LogP contribution in [0.2, 0.25) is 0 Å². The van der Waals surface area contributed by atoms with Crippen LogP contribution in [0.1, 0.15) is 16.1 Å². The summed E-state index contributed by atoms with van der Waals surface area (Å²) in [5.41, 5.74) is 5.65. The molecule has 10 heteroatoms. The number of amides is 1.